The van der Waals surface area contributed by atoms with Crippen LogP contribution in [0.15, 0.2) is 12.4 Å². The maximum atomic E-state index is 8.94. The van der Waals surface area contributed by atoms with Gasteiger partial charge in [0.25, 0.3) is 0 Å². The summed E-state index contributed by atoms with van der Waals surface area (Å²) < 4.78 is 0. The molecule has 0 radical (unpaired) electrons. The normalized spacial score (nSPS) is 15.5. The van der Waals surface area contributed by atoms with Crippen molar-refractivity contribution in [1.29, 1.82) is 5.26 Å². The summed E-state index contributed by atoms with van der Waals surface area (Å²) in [7, 11) is 0. The quantitative estimate of drug-likeness (QED) is 0.757. The Hall–Kier alpha value is -1.67. The monoisotopic (exact) mass is 203 g/mol. The minimum absolute atomic E-state index is 0.409. The molecule has 1 fully saturated rings. The number of rotatable bonds is 3. The molecule has 0 bridgehead atoms. The lowest BCUT2D eigenvalue weighted by Gasteiger charge is -2.38. The highest BCUT2D eigenvalue weighted by molar-refractivity contribution is 5.50. The Bertz CT molecular complexity index is 380. The first-order valence-corrected chi connectivity index (χ1v) is 5.05. The van der Waals surface area contributed by atoms with E-state index < -0.39 is 0 Å². The third-order valence-corrected chi connectivity index (χ3v) is 2.60. The van der Waals surface area contributed by atoms with E-state index in [1.165, 1.54) is 0 Å². The Morgan fingerprint density at radius 2 is 2.27 bits per heavy atom. The Balaban J connectivity index is 2.29. The molecule has 5 nitrogen and oxygen atoms in total. The highest BCUT2D eigenvalue weighted by Gasteiger charge is 2.26. The third-order valence-electron chi connectivity index (χ3n) is 2.60. The van der Waals surface area contributed by atoms with Crippen molar-refractivity contribution in [3.63, 3.8) is 0 Å². The minimum Gasteiger partial charge on any atom is -0.349 e. The Labute approximate surface area is 88.8 Å². The van der Waals surface area contributed by atoms with Crippen LogP contribution in [0.4, 0.5) is 5.82 Å². The van der Waals surface area contributed by atoms with E-state index in [0.29, 0.717) is 17.6 Å². The molecule has 1 aliphatic heterocycles. The Morgan fingerprint density at radius 3 is 2.80 bits per heavy atom. The van der Waals surface area contributed by atoms with Gasteiger partial charge in [-0.2, -0.15) is 5.26 Å². The summed E-state index contributed by atoms with van der Waals surface area (Å²) in [5.41, 5.74) is 0.409. The van der Waals surface area contributed by atoms with Gasteiger partial charge in [0.1, 0.15) is 6.07 Å². The van der Waals surface area contributed by atoms with E-state index in [9.17, 15) is 0 Å². The van der Waals surface area contributed by atoms with Crippen LogP contribution in [0.2, 0.25) is 0 Å². The van der Waals surface area contributed by atoms with Gasteiger partial charge in [-0.05, 0) is 6.92 Å². The van der Waals surface area contributed by atoms with Gasteiger partial charge in [0.2, 0.25) is 0 Å². The zero-order valence-electron chi connectivity index (χ0n) is 8.64. The van der Waals surface area contributed by atoms with Gasteiger partial charge in [-0.1, -0.05) is 0 Å². The molecule has 0 saturated carbocycles. The maximum absolute atomic E-state index is 8.94. The van der Waals surface area contributed by atoms with Gasteiger partial charge in [0.05, 0.1) is 6.04 Å². The van der Waals surface area contributed by atoms with Crippen LogP contribution in [0.25, 0.3) is 0 Å². The Kier molecular flexibility index (Phi) is 2.79. The van der Waals surface area contributed by atoms with E-state index in [1.807, 2.05) is 0 Å². The number of nitrogens with zero attached hydrogens (tertiary/aromatic N) is 4. The fraction of sp³-hybridized carbons (Fsp3) is 0.500. The molecule has 2 rings (SSSR count). The summed E-state index contributed by atoms with van der Waals surface area (Å²) >= 11 is 0. The lowest BCUT2D eigenvalue weighted by molar-refractivity contribution is 0.415. The van der Waals surface area contributed by atoms with Gasteiger partial charge >= 0.3 is 0 Å². The third kappa shape index (κ3) is 1.76. The molecule has 0 aromatic carbocycles. The molecule has 15 heavy (non-hydrogen) atoms. The summed E-state index contributed by atoms with van der Waals surface area (Å²) in [6.45, 7) is 4.82. The molecule has 1 aromatic heterocycles. The Morgan fingerprint density at radius 1 is 1.53 bits per heavy atom. The van der Waals surface area contributed by atoms with Crippen molar-refractivity contribution in [3.05, 3.63) is 18.1 Å². The second kappa shape index (κ2) is 4.24. The number of hydrogen-bond acceptors (Lipinski definition) is 5. The molecular weight excluding hydrogens is 190 g/mol. The fourth-order valence-electron chi connectivity index (χ4n) is 1.69. The molecule has 1 aromatic rings. The second-order valence-corrected chi connectivity index (χ2v) is 3.44. The van der Waals surface area contributed by atoms with E-state index in [1.54, 1.807) is 12.4 Å². The minimum atomic E-state index is 0.409. The van der Waals surface area contributed by atoms with Crippen molar-refractivity contribution in [2.75, 3.05) is 24.5 Å². The molecule has 1 N–H and O–H groups in total. The number of nitriles is 1. The molecule has 0 spiro atoms. The lowest BCUT2D eigenvalue weighted by Crippen LogP contribution is -2.57. The van der Waals surface area contributed by atoms with Crippen LogP contribution in [-0.4, -0.2) is 35.6 Å². The van der Waals surface area contributed by atoms with Gasteiger partial charge in [0, 0.05) is 32.0 Å². The zero-order valence-corrected chi connectivity index (χ0v) is 8.64. The SMILES string of the molecule is CCN(c1nccnc1C#N)C1CNC1. The molecule has 0 aliphatic carbocycles. The molecule has 0 unspecified atom stereocenters. The molecule has 0 atom stereocenters. The number of nitrogens with one attached hydrogen (secondary N) is 1. The van der Waals surface area contributed by atoms with E-state index in [0.717, 1.165) is 19.6 Å². The molecular formula is C10H13N5. The van der Waals surface area contributed by atoms with Crippen LogP contribution in [0.5, 0.6) is 0 Å². The highest BCUT2D eigenvalue weighted by Crippen LogP contribution is 2.18. The predicted octanol–water partition coefficient (Wildman–Crippen LogP) is 0.146. The lowest BCUT2D eigenvalue weighted by atomic mass is 10.1. The molecule has 2 heterocycles. The van der Waals surface area contributed by atoms with E-state index in [2.05, 4.69) is 33.2 Å². The van der Waals surface area contributed by atoms with Gasteiger partial charge in [-0.3, -0.25) is 0 Å². The number of hydrogen-bond donors (Lipinski definition) is 1. The van der Waals surface area contributed by atoms with Crippen LogP contribution in [0.3, 0.4) is 0 Å². The second-order valence-electron chi connectivity index (χ2n) is 3.44. The van der Waals surface area contributed by atoms with Crippen molar-refractivity contribution in [3.8, 4) is 6.07 Å². The molecule has 0 amide bonds. The first-order chi connectivity index (χ1) is 7.36. The van der Waals surface area contributed by atoms with Gasteiger partial charge in [-0.15, -0.1) is 0 Å². The average molecular weight is 203 g/mol. The van der Waals surface area contributed by atoms with E-state index in [4.69, 9.17) is 5.26 Å². The fourth-order valence-corrected chi connectivity index (χ4v) is 1.69. The van der Waals surface area contributed by atoms with Crippen LogP contribution in [-0.2, 0) is 0 Å². The number of likely N-dealkylation sites (N-methyl/N-ethyl adjacent to an activating group) is 1. The van der Waals surface area contributed by atoms with Crippen LogP contribution in [0, 0.1) is 11.3 Å². The summed E-state index contributed by atoms with van der Waals surface area (Å²) in [5, 5.41) is 12.2. The van der Waals surface area contributed by atoms with Gasteiger partial charge < -0.3 is 10.2 Å². The molecule has 1 saturated heterocycles. The van der Waals surface area contributed by atoms with Crippen LogP contribution < -0.4 is 10.2 Å². The topological polar surface area (TPSA) is 64.8 Å². The predicted molar refractivity (Wildman–Crippen MR) is 56.4 cm³/mol. The largest absolute Gasteiger partial charge is 0.349 e. The van der Waals surface area contributed by atoms with Gasteiger partial charge in [-0.25, -0.2) is 9.97 Å². The standard InChI is InChI=1S/C10H13N5/c1-2-15(8-6-12-7-8)10-9(5-11)13-3-4-14-10/h3-4,8,12H,2,6-7H2,1H3. The zero-order chi connectivity index (χ0) is 10.7. The smallest absolute Gasteiger partial charge is 0.183 e. The van der Waals surface area contributed by atoms with Crippen LogP contribution in [0.1, 0.15) is 12.6 Å². The maximum Gasteiger partial charge on any atom is 0.183 e. The summed E-state index contributed by atoms with van der Waals surface area (Å²) in [6, 6.07) is 2.52. The summed E-state index contributed by atoms with van der Waals surface area (Å²) in [5.74, 6) is 0.703. The highest BCUT2D eigenvalue weighted by atomic mass is 15.3. The van der Waals surface area contributed by atoms with E-state index in [-0.39, 0.29) is 0 Å². The van der Waals surface area contributed by atoms with Crippen molar-refractivity contribution in [2.24, 2.45) is 0 Å². The first-order valence-electron chi connectivity index (χ1n) is 5.05. The number of anilines is 1. The number of aromatic nitrogens is 2. The van der Waals surface area contributed by atoms with Crippen molar-refractivity contribution in [1.82, 2.24) is 15.3 Å². The first kappa shape index (κ1) is 9.87. The molecule has 5 heteroatoms. The summed E-state index contributed by atoms with van der Waals surface area (Å²) in [6.07, 6.45) is 3.18. The van der Waals surface area contributed by atoms with Gasteiger partial charge in [0.15, 0.2) is 11.5 Å². The molecule has 1 aliphatic rings. The van der Waals surface area contributed by atoms with Crippen molar-refractivity contribution < 1.29 is 0 Å². The van der Waals surface area contributed by atoms with Crippen molar-refractivity contribution >= 4 is 5.82 Å². The summed E-state index contributed by atoms with van der Waals surface area (Å²) in [4.78, 5) is 10.4. The van der Waals surface area contributed by atoms with E-state index >= 15 is 0 Å². The molecule has 78 valence electrons. The van der Waals surface area contributed by atoms with Crippen molar-refractivity contribution in [2.45, 2.75) is 13.0 Å². The van der Waals surface area contributed by atoms with Crippen LogP contribution >= 0.6 is 0 Å². The average Bonchev–Trinajstić information content (AvgIpc) is 2.23.